The third-order valence-electron chi connectivity index (χ3n) is 5.32. The maximum absolute atomic E-state index is 12.4. The monoisotopic (exact) mass is 425 g/mol. The van der Waals surface area contributed by atoms with Gasteiger partial charge in [-0.3, -0.25) is 9.59 Å². The molecule has 9 heteroatoms. The summed E-state index contributed by atoms with van der Waals surface area (Å²) in [5.74, 6) is 0.997. The summed E-state index contributed by atoms with van der Waals surface area (Å²) in [6.45, 7) is 0. The van der Waals surface area contributed by atoms with Gasteiger partial charge >= 0.3 is 4.87 Å². The molecule has 0 aliphatic heterocycles. The van der Waals surface area contributed by atoms with E-state index in [9.17, 15) is 9.59 Å². The van der Waals surface area contributed by atoms with E-state index in [0.717, 1.165) is 51.2 Å². The number of amides is 1. The Morgan fingerprint density at radius 1 is 1.28 bits per heavy atom. The molecule has 2 N–H and O–H groups in total. The van der Waals surface area contributed by atoms with Crippen molar-refractivity contribution in [2.45, 2.75) is 19.3 Å². The van der Waals surface area contributed by atoms with Crippen molar-refractivity contribution in [3.05, 3.63) is 44.6 Å². The zero-order valence-corrected chi connectivity index (χ0v) is 17.6. The van der Waals surface area contributed by atoms with Gasteiger partial charge in [-0.15, -0.1) is 11.3 Å². The van der Waals surface area contributed by atoms with Crippen LogP contribution in [-0.4, -0.2) is 39.9 Å². The predicted molar refractivity (Wildman–Crippen MR) is 117 cm³/mol. The highest BCUT2D eigenvalue weighted by atomic mass is 32.1. The molecule has 3 heterocycles. The normalized spacial score (nSPS) is 16.1. The number of aromatic amines is 1. The fourth-order valence-electron chi connectivity index (χ4n) is 3.94. The van der Waals surface area contributed by atoms with Gasteiger partial charge in [-0.1, -0.05) is 11.3 Å². The fraction of sp³-hybridized carbons (Fsp3) is 0.300. The molecule has 4 aromatic rings. The average Bonchev–Trinajstić information content (AvgIpc) is 3.26. The summed E-state index contributed by atoms with van der Waals surface area (Å²) < 4.78 is 0.905. The summed E-state index contributed by atoms with van der Waals surface area (Å²) in [5, 5.41) is 4.45. The number of hydrogen-bond donors (Lipinski definition) is 2. The Bertz CT molecular complexity index is 1300. The highest BCUT2D eigenvalue weighted by molar-refractivity contribution is 7.19. The Hall–Kier alpha value is -2.78. The molecule has 3 aromatic heterocycles. The number of nitrogens with zero attached hydrogens (tertiary/aromatic N) is 3. The van der Waals surface area contributed by atoms with Gasteiger partial charge in [0, 0.05) is 30.6 Å². The van der Waals surface area contributed by atoms with Crippen molar-refractivity contribution in [2.75, 3.05) is 19.4 Å². The van der Waals surface area contributed by atoms with Gasteiger partial charge in [0.15, 0.2) is 0 Å². The molecule has 0 fully saturated rings. The lowest BCUT2D eigenvalue weighted by Gasteiger charge is -2.24. The van der Waals surface area contributed by atoms with E-state index < -0.39 is 0 Å². The van der Waals surface area contributed by atoms with E-state index in [1.807, 2.05) is 32.3 Å². The number of aromatic nitrogens is 3. The molecule has 1 amide bonds. The van der Waals surface area contributed by atoms with Crippen LogP contribution in [0.3, 0.4) is 0 Å². The highest BCUT2D eigenvalue weighted by Crippen LogP contribution is 2.40. The molecule has 1 aliphatic rings. The summed E-state index contributed by atoms with van der Waals surface area (Å²) >= 11 is 2.85. The first-order chi connectivity index (χ1) is 14.0. The number of rotatable bonds is 3. The molecule has 0 saturated heterocycles. The number of hydrogen-bond acceptors (Lipinski definition) is 7. The molecule has 148 valence electrons. The molecule has 1 aliphatic carbocycles. The van der Waals surface area contributed by atoms with Crippen LogP contribution in [0.15, 0.2) is 29.3 Å². The molecule has 0 radical (unpaired) electrons. The lowest BCUT2D eigenvalue weighted by Crippen LogP contribution is -2.32. The number of H-pyrrole nitrogens is 1. The van der Waals surface area contributed by atoms with E-state index in [1.165, 1.54) is 21.8 Å². The first kappa shape index (κ1) is 18.3. The molecular weight excluding hydrogens is 406 g/mol. The van der Waals surface area contributed by atoms with E-state index in [0.29, 0.717) is 0 Å². The molecule has 1 atom stereocenters. The molecule has 0 spiro atoms. The number of thiophene rings is 1. The Morgan fingerprint density at radius 2 is 2.14 bits per heavy atom. The maximum atomic E-state index is 12.4. The van der Waals surface area contributed by atoms with Crippen LogP contribution >= 0.6 is 22.7 Å². The number of carbonyl (C=O) groups is 1. The Balaban J connectivity index is 1.52. The van der Waals surface area contributed by atoms with E-state index >= 15 is 0 Å². The number of anilines is 2. The summed E-state index contributed by atoms with van der Waals surface area (Å²) in [6.07, 6.45) is 4.02. The van der Waals surface area contributed by atoms with Crippen LogP contribution < -0.4 is 10.2 Å². The van der Waals surface area contributed by atoms with Crippen molar-refractivity contribution >= 4 is 60.5 Å². The summed E-state index contributed by atoms with van der Waals surface area (Å²) in [6, 6.07) is 5.79. The molecular formula is C20H19N5O2S2. The van der Waals surface area contributed by atoms with Crippen LogP contribution in [0.2, 0.25) is 0 Å². The number of aryl methyl sites for hydroxylation is 1. The zero-order chi connectivity index (χ0) is 20.1. The Kier molecular flexibility index (Phi) is 4.36. The first-order valence-electron chi connectivity index (χ1n) is 9.36. The van der Waals surface area contributed by atoms with Crippen LogP contribution in [0.5, 0.6) is 0 Å². The number of carbonyl (C=O) groups excluding carboxylic acids is 1. The SMILES string of the molecule is CN(C)C(=O)C1CCc2c(sc3ncnc(Nc4ccc5[nH]c(=O)sc5c4)c23)C1. The third-order valence-corrected chi connectivity index (χ3v) is 7.33. The van der Waals surface area contributed by atoms with Crippen molar-refractivity contribution < 1.29 is 4.79 Å². The Labute approximate surface area is 174 Å². The average molecular weight is 426 g/mol. The molecule has 0 bridgehead atoms. The van der Waals surface area contributed by atoms with Crippen molar-refractivity contribution in [1.29, 1.82) is 0 Å². The van der Waals surface area contributed by atoms with E-state index in [1.54, 1.807) is 22.6 Å². The van der Waals surface area contributed by atoms with Crippen LogP contribution in [0.25, 0.3) is 20.4 Å². The van der Waals surface area contributed by atoms with Gasteiger partial charge in [0.05, 0.1) is 15.6 Å². The largest absolute Gasteiger partial charge is 0.349 e. The Morgan fingerprint density at radius 3 is 2.97 bits per heavy atom. The molecule has 29 heavy (non-hydrogen) atoms. The standard InChI is InChI=1S/C20H19N5O2S2/c1-25(2)19(26)10-3-5-12-14(7-10)28-18-16(12)17(21-9-22-18)23-11-4-6-13-15(8-11)29-20(27)24-13/h4,6,8-10H,3,5,7H2,1-2H3,(H,24,27)(H,21,22,23). The van der Waals surface area contributed by atoms with Crippen LogP contribution in [0.1, 0.15) is 16.9 Å². The van der Waals surface area contributed by atoms with E-state index in [4.69, 9.17) is 0 Å². The summed E-state index contributed by atoms with van der Waals surface area (Å²) in [4.78, 5) is 39.6. The topological polar surface area (TPSA) is 91.0 Å². The van der Waals surface area contributed by atoms with Crippen molar-refractivity contribution in [3.8, 4) is 0 Å². The van der Waals surface area contributed by atoms with E-state index in [-0.39, 0.29) is 16.7 Å². The third kappa shape index (κ3) is 3.20. The zero-order valence-electron chi connectivity index (χ0n) is 16.0. The lowest BCUT2D eigenvalue weighted by atomic mass is 9.87. The number of thiazole rings is 1. The second kappa shape index (κ2) is 6.93. The first-order valence-corrected chi connectivity index (χ1v) is 11.0. The van der Waals surface area contributed by atoms with Gasteiger partial charge in [0.2, 0.25) is 5.91 Å². The molecule has 1 unspecified atom stereocenters. The van der Waals surface area contributed by atoms with Gasteiger partial charge in [-0.25, -0.2) is 9.97 Å². The number of fused-ring (bicyclic) bond motifs is 4. The van der Waals surface area contributed by atoms with Crippen molar-refractivity contribution in [1.82, 2.24) is 19.9 Å². The van der Waals surface area contributed by atoms with Gasteiger partial charge in [0.1, 0.15) is 17.0 Å². The minimum Gasteiger partial charge on any atom is -0.349 e. The molecule has 5 rings (SSSR count). The van der Waals surface area contributed by atoms with Crippen LogP contribution in [0, 0.1) is 5.92 Å². The predicted octanol–water partition coefficient (Wildman–Crippen LogP) is 3.53. The second-order valence-corrected chi connectivity index (χ2v) is 9.53. The highest BCUT2D eigenvalue weighted by Gasteiger charge is 2.29. The number of nitrogens with one attached hydrogen (secondary N) is 2. The fourth-order valence-corrected chi connectivity index (χ4v) is 5.98. The lowest BCUT2D eigenvalue weighted by molar-refractivity contribution is -0.133. The minimum atomic E-state index is -0.0599. The second-order valence-electron chi connectivity index (χ2n) is 7.43. The quantitative estimate of drug-likeness (QED) is 0.524. The van der Waals surface area contributed by atoms with Gasteiger partial charge in [-0.05, 0) is 43.0 Å². The minimum absolute atomic E-state index is 0.0358. The maximum Gasteiger partial charge on any atom is 0.305 e. The van der Waals surface area contributed by atoms with Crippen LogP contribution in [-0.2, 0) is 17.6 Å². The van der Waals surface area contributed by atoms with Gasteiger partial charge < -0.3 is 15.2 Å². The van der Waals surface area contributed by atoms with Gasteiger partial charge in [-0.2, -0.15) is 0 Å². The molecule has 7 nitrogen and oxygen atoms in total. The van der Waals surface area contributed by atoms with Crippen molar-refractivity contribution in [3.63, 3.8) is 0 Å². The summed E-state index contributed by atoms with van der Waals surface area (Å²) in [5.41, 5.74) is 2.97. The van der Waals surface area contributed by atoms with Crippen molar-refractivity contribution in [2.24, 2.45) is 5.92 Å². The van der Waals surface area contributed by atoms with E-state index in [2.05, 4.69) is 20.3 Å². The molecule has 0 saturated carbocycles. The number of benzene rings is 1. The summed E-state index contributed by atoms with van der Waals surface area (Å²) in [7, 11) is 3.63. The van der Waals surface area contributed by atoms with Crippen LogP contribution in [0.4, 0.5) is 11.5 Å². The molecule has 1 aromatic carbocycles. The van der Waals surface area contributed by atoms with Gasteiger partial charge in [0.25, 0.3) is 0 Å². The smallest absolute Gasteiger partial charge is 0.305 e.